The Hall–Kier alpha value is -3.75. The molecule has 0 amide bonds. The smallest absolute Gasteiger partial charge is 0.344 e. The SMILES string of the molecule is CC(C)c1ccc2c(c1)c(=O)c1ccccc1[s+]2-c1ccc(OCC(=O)OC2C3CC4C(=O)OC2C4O3)cc1. The topological polar surface area (TPSA) is 88.1 Å². The van der Waals surface area contributed by atoms with Crippen LogP contribution in [0.15, 0.2) is 71.5 Å². The molecule has 39 heavy (non-hydrogen) atoms. The van der Waals surface area contributed by atoms with Crippen molar-refractivity contribution in [2.45, 2.75) is 50.6 Å². The van der Waals surface area contributed by atoms with E-state index in [1.807, 2.05) is 54.6 Å². The number of carbonyl (C=O) groups is 2. The Morgan fingerprint density at radius 1 is 0.974 bits per heavy atom. The number of hydrogen-bond donors (Lipinski definition) is 0. The van der Waals surface area contributed by atoms with Crippen molar-refractivity contribution in [1.29, 1.82) is 0 Å². The molecule has 3 aliphatic heterocycles. The van der Waals surface area contributed by atoms with Crippen LogP contribution in [0.2, 0.25) is 0 Å². The van der Waals surface area contributed by atoms with E-state index in [9.17, 15) is 14.4 Å². The maximum atomic E-state index is 13.4. The molecule has 0 N–H and O–H groups in total. The maximum absolute atomic E-state index is 13.4. The zero-order valence-corrected chi connectivity index (χ0v) is 22.3. The zero-order chi connectivity index (χ0) is 26.8. The first kappa shape index (κ1) is 24.3. The lowest BCUT2D eigenvalue weighted by atomic mass is 9.88. The van der Waals surface area contributed by atoms with Crippen molar-refractivity contribution in [3.63, 3.8) is 0 Å². The zero-order valence-electron chi connectivity index (χ0n) is 21.5. The quantitative estimate of drug-likeness (QED) is 0.187. The fourth-order valence-corrected chi connectivity index (χ4v) is 8.32. The first-order chi connectivity index (χ1) is 18.9. The molecule has 3 aliphatic rings. The van der Waals surface area contributed by atoms with Gasteiger partial charge >= 0.3 is 11.9 Å². The maximum Gasteiger partial charge on any atom is 0.344 e. The van der Waals surface area contributed by atoms with Gasteiger partial charge in [-0.2, -0.15) is 0 Å². The van der Waals surface area contributed by atoms with E-state index in [1.165, 1.54) is 0 Å². The summed E-state index contributed by atoms with van der Waals surface area (Å²) in [5.41, 5.74) is 1.21. The molecule has 1 aromatic heterocycles. The van der Waals surface area contributed by atoms with E-state index in [4.69, 9.17) is 18.9 Å². The van der Waals surface area contributed by atoms with Crippen LogP contribution in [0, 0.1) is 5.92 Å². The molecule has 0 spiro atoms. The number of esters is 2. The van der Waals surface area contributed by atoms with Crippen molar-refractivity contribution in [1.82, 2.24) is 0 Å². The Bertz CT molecular complexity index is 1690. The standard InChI is InChI=1S/C31H27O7S/c1-16(2)17-7-12-25-21(13-17)27(33)20-5-3-4-6-24(20)39(25)19-10-8-18(9-11-19)35-15-26(32)37-29-23-14-22-28(36-23)30(29)38-31(22)34/h3-13,16,22-23,28-30H,14-15H2,1-2H3/q+1. The van der Waals surface area contributed by atoms with Gasteiger partial charge in [-0.05, 0) is 54.3 Å². The largest absolute Gasteiger partial charge is 0.482 e. The van der Waals surface area contributed by atoms with Crippen LogP contribution in [0.25, 0.3) is 25.1 Å². The Morgan fingerprint density at radius 3 is 2.54 bits per heavy atom. The summed E-state index contributed by atoms with van der Waals surface area (Å²) in [6.07, 6.45) is -1.18. The number of carbonyl (C=O) groups excluding carboxylic acids is 2. The molecule has 0 aliphatic carbocycles. The Labute approximate surface area is 227 Å². The van der Waals surface area contributed by atoms with Gasteiger partial charge in [-0.15, -0.1) is 0 Å². The number of fused-ring (bicyclic) bond motifs is 3. The van der Waals surface area contributed by atoms with Crippen LogP contribution in [0.3, 0.4) is 0 Å². The minimum Gasteiger partial charge on any atom is -0.482 e. The van der Waals surface area contributed by atoms with Crippen molar-refractivity contribution < 1.29 is 28.5 Å². The van der Waals surface area contributed by atoms with E-state index in [-0.39, 0.29) is 36.1 Å². The van der Waals surface area contributed by atoms with Crippen molar-refractivity contribution in [2.75, 3.05) is 6.61 Å². The summed E-state index contributed by atoms with van der Waals surface area (Å²) in [6.45, 7) is 3.99. The van der Waals surface area contributed by atoms with E-state index in [0.717, 1.165) is 30.6 Å². The fourth-order valence-electron chi connectivity index (χ4n) is 5.99. The van der Waals surface area contributed by atoms with Crippen molar-refractivity contribution >= 4 is 42.6 Å². The average Bonchev–Trinajstić information content (AvgIpc) is 3.58. The van der Waals surface area contributed by atoms with E-state index in [1.54, 1.807) is 0 Å². The number of ether oxygens (including phenoxy) is 4. The molecule has 6 atom stereocenters. The van der Waals surface area contributed by atoms with Gasteiger partial charge in [0.15, 0.2) is 33.1 Å². The van der Waals surface area contributed by atoms with Crippen LogP contribution in [-0.4, -0.2) is 43.0 Å². The lowest BCUT2D eigenvalue weighted by Crippen LogP contribution is -2.40. The van der Waals surface area contributed by atoms with Crippen LogP contribution in [0.5, 0.6) is 5.75 Å². The third-order valence-corrected chi connectivity index (χ3v) is 10.3. The highest BCUT2D eigenvalue weighted by atomic mass is 32.2. The van der Waals surface area contributed by atoms with E-state index in [0.29, 0.717) is 18.1 Å². The van der Waals surface area contributed by atoms with Gasteiger partial charge in [-0.3, -0.25) is 9.59 Å². The van der Waals surface area contributed by atoms with Crippen molar-refractivity contribution in [3.05, 3.63) is 82.5 Å². The molecule has 4 aromatic rings. The van der Waals surface area contributed by atoms with Crippen LogP contribution in [0.1, 0.15) is 31.7 Å². The lowest BCUT2D eigenvalue weighted by Gasteiger charge is -2.22. The van der Waals surface area contributed by atoms with E-state index < -0.39 is 28.6 Å². The first-order valence-electron chi connectivity index (χ1n) is 13.2. The predicted molar refractivity (Wildman–Crippen MR) is 148 cm³/mol. The molecule has 3 fully saturated rings. The third-order valence-electron chi connectivity index (χ3n) is 7.95. The molecular weight excluding hydrogens is 516 g/mol. The van der Waals surface area contributed by atoms with Gasteiger partial charge in [0, 0.05) is 22.6 Å². The summed E-state index contributed by atoms with van der Waals surface area (Å²) in [5, 5.41) is 1.50. The molecule has 4 heterocycles. The van der Waals surface area contributed by atoms with Gasteiger partial charge in [0.2, 0.25) is 5.43 Å². The number of hydrogen-bond acceptors (Lipinski definition) is 7. The molecule has 7 rings (SSSR count). The van der Waals surface area contributed by atoms with Gasteiger partial charge in [0.05, 0.1) is 22.8 Å². The second-order valence-electron chi connectivity index (χ2n) is 10.6. The normalized spacial score (nSPS) is 25.5. The van der Waals surface area contributed by atoms with E-state index >= 15 is 0 Å². The minimum atomic E-state index is -0.581. The lowest BCUT2D eigenvalue weighted by molar-refractivity contribution is -0.162. The highest BCUT2D eigenvalue weighted by molar-refractivity contribution is 7.49. The minimum absolute atomic E-state index is 0.0640. The second kappa shape index (κ2) is 9.17. The molecule has 2 bridgehead atoms. The Kier molecular flexibility index (Phi) is 5.72. The summed E-state index contributed by atoms with van der Waals surface area (Å²) in [4.78, 5) is 38.9. The molecule has 6 unspecified atom stereocenters. The molecule has 3 saturated heterocycles. The second-order valence-corrected chi connectivity index (χ2v) is 12.6. The highest BCUT2D eigenvalue weighted by Gasteiger charge is 2.65. The van der Waals surface area contributed by atoms with Crippen LogP contribution >= 0.6 is 10.5 Å². The van der Waals surface area contributed by atoms with E-state index in [2.05, 4.69) is 26.0 Å². The fraction of sp³-hybridized carbons (Fsp3) is 0.323. The molecule has 0 saturated carbocycles. The molecule has 3 aromatic carbocycles. The monoisotopic (exact) mass is 543 g/mol. The van der Waals surface area contributed by atoms with Crippen LogP contribution < -0.4 is 10.2 Å². The van der Waals surface area contributed by atoms with Gasteiger partial charge in [0.1, 0.15) is 11.9 Å². The summed E-state index contributed by atoms with van der Waals surface area (Å²) in [7, 11) is -0.453. The Balaban J connectivity index is 1.12. The summed E-state index contributed by atoms with van der Waals surface area (Å²) >= 11 is 0. The molecule has 8 heteroatoms. The highest BCUT2D eigenvalue weighted by Crippen LogP contribution is 2.47. The summed E-state index contributed by atoms with van der Waals surface area (Å²) < 4.78 is 24.5. The summed E-state index contributed by atoms with van der Waals surface area (Å²) in [5.74, 6) is -0.171. The van der Waals surface area contributed by atoms with Gasteiger partial charge in [-0.25, -0.2) is 4.79 Å². The van der Waals surface area contributed by atoms with Crippen LogP contribution in [-0.2, 0) is 23.8 Å². The third kappa shape index (κ3) is 3.93. The summed E-state index contributed by atoms with van der Waals surface area (Å²) in [6, 6.07) is 21.7. The molecular formula is C31H27O7S+. The van der Waals surface area contributed by atoms with Crippen LogP contribution in [0.4, 0.5) is 0 Å². The number of benzene rings is 3. The van der Waals surface area contributed by atoms with Crippen molar-refractivity contribution in [3.8, 4) is 10.6 Å². The Morgan fingerprint density at radius 2 is 1.74 bits per heavy atom. The van der Waals surface area contributed by atoms with Gasteiger partial charge < -0.3 is 18.9 Å². The molecule has 198 valence electrons. The van der Waals surface area contributed by atoms with Crippen molar-refractivity contribution in [2.24, 2.45) is 5.92 Å². The molecule has 7 nitrogen and oxygen atoms in total. The predicted octanol–water partition coefficient (Wildman–Crippen LogP) is 5.22. The van der Waals surface area contributed by atoms with Gasteiger partial charge in [0.25, 0.3) is 0 Å². The van der Waals surface area contributed by atoms with Gasteiger partial charge in [-0.1, -0.05) is 32.0 Å². The first-order valence-corrected chi connectivity index (χ1v) is 14.4. The number of rotatable bonds is 6. The average molecular weight is 544 g/mol. The molecule has 0 radical (unpaired) electrons.